The maximum absolute atomic E-state index is 11.7. The van der Waals surface area contributed by atoms with Gasteiger partial charge < -0.3 is 14.5 Å². The lowest BCUT2D eigenvalue weighted by Gasteiger charge is -2.12. The van der Waals surface area contributed by atoms with Gasteiger partial charge in [0.1, 0.15) is 0 Å². The van der Waals surface area contributed by atoms with Crippen molar-refractivity contribution in [1.29, 1.82) is 0 Å². The molecule has 132 valence electrons. The predicted octanol–water partition coefficient (Wildman–Crippen LogP) is 1.09. The lowest BCUT2D eigenvalue weighted by atomic mass is 9.97. The number of carbonyl (C=O) groups excluding carboxylic acids is 2. The summed E-state index contributed by atoms with van der Waals surface area (Å²) in [4.78, 5) is 23.3. The number of nitrogens with two attached hydrogens (primary N) is 1. The molecular weight excluding hydrogens is 336 g/mol. The third-order valence-electron chi connectivity index (χ3n) is 3.55. The van der Waals surface area contributed by atoms with Crippen LogP contribution >= 0.6 is 0 Å². The number of allylic oxidation sites excluding steroid dienone is 1. The second-order valence-electron chi connectivity index (χ2n) is 5.45. The molecule has 0 saturated heterocycles. The second-order valence-corrected chi connectivity index (χ2v) is 6.94. The number of amides is 1. The molecule has 0 unspecified atom stereocenters. The van der Waals surface area contributed by atoms with Crippen molar-refractivity contribution >= 4 is 21.9 Å². The van der Waals surface area contributed by atoms with E-state index >= 15 is 0 Å². The van der Waals surface area contributed by atoms with Gasteiger partial charge in [0, 0.05) is 6.54 Å². The highest BCUT2D eigenvalue weighted by Crippen LogP contribution is 2.19. The Hall–Kier alpha value is -2.13. The van der Waals surface area contributed by atoms with Crippen molar-refractivity contribution in [2.24, 2.45) is 5.14 Å². The molecule has 0 radical (unpaired) electrons. The van der Waals surface area contributed by atoms with Crippen molar-refractivity contribution in [3.8, 4) is 0 Å². The van der Waals surface area contributed by atoms with Crippen LogP contribution in [0.3, 0.4) is 0 Å². The van der Waals surface area contributed by atoms with Gasteiger partial charge in [0.15, 0.2) is 6.61 Å². The van der Waals surface area contributed by atoms with E-state index in [4.69, 9.17) is 14.3 Å². The largest absolute Gasteiger partial charge is 0.450 e. The van der Waals surface area contributed by atoms with E-state index in [1.165, 1.54) is 18.4 Å². The number of furan rings is 1. The Kier molecular flexibility index (Phi) is 6.16. The molecule has 1 heterocycles. The van der Waals surface area contributed by atoms with Gasteiger partial charge in [0.2, 0.25) is 10.9 Å². The summed E-state index contributed by atoms with van der Waals surface area (Å²) in [6.07, 6.45) is 7.54. The first-order chi connectivity index (χ1) is 11.4. The summed E-state index contributed by atoms with van der Waals surface area (Å²) in [5, 5.41) is 6.99. The molecule has 2 rings (SSSR count). The highest BCUT2D eigenvalue weighted by molar-refractivity contribution is 7.89. The molecule has 24 heavy (non-hydrogen) atoms. The highest BCUT2D eigenvalue weighted by Gasteiger charge is 2.19. The summed E-state index contributed by atoms with van der Waals surface area (Å²) in [6.45, 7) is 0.0157. The smallest absolute Gasteiger partial charge is 0.374 e. The lowest BCUT2D eigenvalue weighted by molar-refractivity contribution is -0.124. The summed E-state index contributed by atoms with van der Waals surface area (Å²) >= 11 is 0. The molecule has 0 spiro atoms. The molecule has 9 heteroatoms. The fourth-order valence-corrected chi connectivity index (χ4v) is 2.79. The van der Waals surface area contributed by atoms with E-state index in [1.807, 2.05) is 0 Å². The van der Waals surface area contributed by atoms with Crippen LogP contribution < -0.4 is 10.5 Å². The normalized spacial score (nSPS) is 14.8. The van der Waals surface area contributed by atoms with Gasteiger partial charge in [-0.2, -0.15) is 0 Å². The minimum Gasteiger partial charge on any atom is -0.450 e. The van der Waals surface area contributed by atoms with Crippen molar-refractivity contribution in [3.05, 3.63) is 29.5 Å². The van der Waals surface area contributed by atoms with Crippen LogP contribution in [0.25, 0.3) is 0 Å². The molecule has 1 aliphatic carbocycles. The maximum Gasteiger partial charge on any atom is 0.374 e. The summed E-state index contributed by atoms with van der Waals surface area (Å²) in [6, 6.07) is 2.17. The fourth-order valence-electron chi connectivity index (χ4n) is 2.33. The van der Waals surface area contributed by atoms with Gasteiger partial charge in [-0.05, 0) is 44.2 Å². The average Bonchev–Trinajstić information content (AvgIpc) is 3.04. The first-order valence-electron chi connectivity index (χ1n) is 7.60. The van der Waals surface area contributed by atoms with E-state index in [0.717, 1.165) is 31.4 Å². The van der Waals surface area contributed by atoms with Crippen molar-refractivity contribution in [2.75, 3.05) is 13.2 Å². The Morgan fingerprint density at radius 3 is 2.71 bits per heavy atom. The minimum atomic E-state index is -4.03. The Balaban J connectivity index is 1.72. The van der Waals surface area contributed by atoms with Gasteiger partial charge >= 0.3 is 5.97 Å². The number of rotatable bonds is 7. The first-order valence-corrected chi connectivity index (χ1v) is 9.15. The van der Waals surface area contributed by atoms with Crippen LogP contribution in [0.2, 0.25) is 0 Å². The summed E-state index contributed by atoms with van der Waals surface area (Å²) in [5.41, 5.74) is 1.34. The van der Waals surface area contributed by atoms with Crippen molar-refractivity contribution in [2.45, 2.75) is 37.2 Å². The zero-order valence-corrected chi connectivity index (χ0v) is 13.9. The van der Waals surface area contributed by atoms with E-state index in [2.05, 4.69) is 11.4 Å². The fraction of sp³-hybridized carbons (Fsp3) is 0.467. The van der Waals surface area contributed by atoms with Crippen LogP contribution in [0.5, 0.6) is 0 Å². The molecule has 0 aromatic carbocycles. The summed E-state index contributed by atoms with van der Waals surface area (Å²) < 4.78 is 31.6. The number of ether oxygens (including phenoxy) is 1. The number of esters is 1. The van der Waals surface area contributed by atoms with Crippen LogP contribution in [0.4, 0.5) is 0 Å². The quantitative estimate of drug-likeness (QED) is 0.556. The third-order valence-corrected chi connectivity index (χ3v) is 4.33. The molecule has 1 aromatic rings. The SMILES string of the molecule is NS(=O)(=O)c1ccc(C(=O)OCC(=O)NCCC2=CCCCC2)o1. The van der Waals surface area contributed by atoms with Crippen molar-refractivity contribution < 1.29 is 27.2 Å². The van der Waals surface area contributed by atoms with E-state index in [0.29, 0.717) is 6.54 Å². The minimum absolute atomic E-state index is 0.334. The molecule has 1 amide bonds. The van der Waals surface area contributed by atoms with E-state index in [9.17, 15) is 18.0 Å². The van der Waals surface area contributed by atoms with Crippen LogP contribution in [0.1, 0.15) is 42.7 Å². The number of primary sulfonamides is 1. The van der Waals surface area contributed by atoms with Crippen LogP contribution in [0, 0.1) is 0 Å². The number of nitrogens with one attached hydrogen (secondary N) is 1. The van der Waals surface area contributed by atoms with Crippen LogP contribution in [0.15, 0.2) is 33.3 Å². The zero-order valence-electron chi connectivity index (χ0n) is 13.1. The van der Waals surface area contributed by atoms with E-state index in [1.54, 1.807) is 0 Å². The zero-order chi connectivity index (χ0) is 17.6. The second kappa shape index (κ2) is 8.11. The molecule has 1 aromatic heterocycles. The molecule has 3 N–H and O–H groups in total. The standard InChI is InChI=1S/C15H20N2O6S/c16-24(20,21)14-7-6-12(23-14)15(19)22-10-13(18)17-9-8-11-4-2-1-3-5-11/h4,6-7H,1-3,5,8-10H2,(H,17,18)(H2,16,20,21). The molecule has 0 atom stereocenters. The van der Waals surface area contributed by atoms with Gasteiger partial charge in [-0.15, -0.1) is 0 Å². The summed E-state index contributed by atoms with van der Waals surface area (Å²) in [5.74, 6) is -1.70. The van der Waals surface area contributed by atoms with E-state index < -0.39 is 33.6 Å². The number of carbonyl (C=O) groups is 2. The molecule has 0 fully saturated rings. The number of hydrogen-bond acceptors (Lipinski definition) is 6. The Bertz CT molecular complexity index is 735. The van der Waals surface area contributed by atoms with Crippen molar-refractivity contribution in [1.82, 2.24) is 5.32 Å². The van der Waals surface area contributed by atoms with E-state index in [-0.39, 0.29) is 5.76 Å². The van der Waals surface area contributed by atoms with Crippen LogP contribution in [-0.2, 0) is 19.6 Å². The average molecular weight is 356 g/mol. The highest BCUT2D eigenvalue weighted by atomic mass is 32.2. The third kappa shape index (κ3) is 5.50. The van der Waals surface area contributed by atoms with Gasteiger partial charge in [-0.25, -0.2) is 18.4 Å². The predicted molar refractivity (Wildman–Crippen MR) is 84.5 cm³/mol. The van der Waals surface area contributed by atoms with Crippen LogP contribution in [-0.4, -0.2) is 33.4 Å². The molecule has 0 saturated carbocycles. The molecular formula is C15H20N2O6S. The van der Waals surface area contributed by atoms with Gasteiger partial charge in [-0.1, -0.05) is 11.6 Å². The molecule has 0 bridgehead atoms. The van der Waals surface area contributed by atoms with Gasteiger partial charge in [0.25, 0.3) is 15.9 Å². The topological polar surface area (TPSA) is 129 Å². The van der Waals surface area contributed by atoms with Crippen molar-refractivity contribution in [3.63, 3.8) is 0 Å². The maximum atomic E-state index is 11.7. The Morgan fingerprint density at radius 2 is 2.08 bits per heavy atom. The lowest BCUT2D eigenvalue weighted by Crippen LogP contribution is -2.29. The van der Waals surface area contributed by atoms with Gasteiger partial charge in [0.05, 0.1) is 0 Å². The number of sulfonamides is 1. The Labute approximate surface area is 140 Å². The molecule has 1 aliphatic rings. The molecule has 0 aliphatic heterocycles. The number of hydrogen-bond donors (Lipinski definition) is 2. The molecule has 8 nitrogen and oxygen atoms in total. The van der Waals surface area contributed by atoms with Gasteiger partial charge in [-0.3, -0.25) is 4.79 Å². The monoisotopic (exact) mass is 356 g/mol. The summed E-state index contributed by atoms with van der Waals surface area (Å²) in [7, 11) is -4.03. The first kappa shape index (κ1) is 18.2. The Morgan fingerprint density at radius 1 is 1.29 bits per heavy atom.